The first-order valence-electron chi connectivity index (χ1n) is 10.6. The zero-order valence-corrected chi connectivity index (χ0v) is 17.5. The summed E-state index contributed by atoms with van der Waals surface area (Å²) >= 11 is 0. The summed E-state index contributed by atoms with van der Waals surface area (Å²) in [7, 11) is 2.19. The molecule has 0 bridgehead atoms. The van der Waals surface area contributed by atoms with E-state index in [2.05, 4.69) is 56.1 Å². The second-order valence-corrected chi connectivity index (χ2v) is 8.48. The number of anilines is 1. The third-order valence-electron chi connectivity index (χ3n) is 5.97. The quantitative estimate of drug-likeness (QED) is 0.454. The van der Waals surface area contributed by atoms with Gasteiger partial charge in [0.1, 0.15) is 11.6 Å². The molecule has 4 heterocycles. The molecule has 1 aromatic carbocycles. The normalized spacial score (nSPS) is 17.0. The molecule has 1 atom stereocenters. The van der Waals surface area contributed by atoms with Crippen LogP contribution in [0.5, 0.6) is 0 Å². The van der Waals surface area contributed by atoms with Crippen LogP contribution in [0.3, 0.4) is 0 Å². The number of rotatable bonds is 6. The number of nitrogens with one attached hydrogen (secondary N) is 2. The van der Waals surface area contributed by atoms with Crippen molar-refractivity contribution >= 4 is 27.9 Å². The Morgan fingerprint density at radius 3 is 2.93 bits per heavy atom. The molecule has 1 aliphatic heterocycles. The first-order valence-corrected chi connectivity index (χ1v) is 10.6. The first kappa shape index (κ1) is 19.1. The van der Waals surface area contributed by atoms with Crippen LogP contribution >= 0.6 is 0 Å². The van der Waals surface area contributed by atoms with Gasteiger partial charge in [-0.2, -0.15) is 0 Å². The molecule has 3 aromatic heterocycles. The third kappa shape index (κ3) is 3.78. The smallest absolute Gasteiger partial charge is 0.180 e. The number of aromatic amines is 2. The lowest BCUT2D eigenvalue weighted by molar-refractivity contribution is 0.180. The van der Waals surface area contributed by atoms with E-state index in [1.165, 1.54) is 23.8 Å². The van der Waals surface area contributed by atoms with Crippen LogP contribution in [-0.2, 0) is 11.3 Å². The number of nitrogen functional groups attached to an aromatic ring is 1. The molecule has 1 unspecified atom stereocenters. The summed E-state index contributed by atoms with van der Waals surface area (Å²) in [6.45, 7) is 5.81. The van der Waals surface area contributed by atoms with Crippen molar-refractivity contribution in [1.82, 2.24) is 24.8 Å². The summed E-state index contributed by atoms with van der Waals surface area (Å²) in [6.07, 6.45) is 2.41. The molecule has 5 rings (SSSR count). The fourth-order valence-corrected chi connectivity index (χ4v) is 4.37. The van der Waals surface area contributed by atoms with Crippen molar-refractivity contribution in [3.05, 3.63) is 41.7 Å². The van der Waals surface area contributed by atoms with E-state index in [9.17, 15) is 0 Å². The van der Waals surface area contributed by atoms with Crippen molar-refractivity contribution in [2.45, 2.75) is 26.3 Å². The van der Waals surface area contributed by atoms with Crippen molar-refractivity contribution in [1.29, 1.82) is 0 Å². The van der Waals surface area contributed by atoms with E-state index >= 15 is 0 Å². The number of aryl methyl sites for hydroxylation is 1. The number of benzene rings is 1. The maximum atomic E-state index is 6.03. The van der Waals surface area contributed by atoms with Crippen molar-refractivity contribution < 1.29 is 4.74 Å². The molecule has 30 heavy (non-hydrogen) atoms. The molecule has 0 radical (unpaired) electrons. The second-order valence-electron chi connectivity index (χ2n) is 8.48. The number of pyridine rings is 1. The highest BCUT2D eigenvalue weighted by Gasteiger charge is 2.16. The van der Waals surface area contributed by atoms with E-state index in [1.54, 1.807) is 0 Å². The third-order valence-corrected chi connectivity index (χ3v) is 5.97. The Kier molecular flexibility index (Phi) is 4.92. The zero-order chi connectivity index (χ0) is 20.7. The van der Waals surface area contributed by atoms with Gasteiger partial charge in [0, 0.05) is 41.9 Å². The molecule has 7 nitrogen and oxygen atoms in total. The van der Waals surface area contributed by atoms with Crippen molar-refractivity contribution in [3.8, 4) is 11.3 Å². The number of imidazole rings is 1. The van der Waals surface area contributed by atoms with Crippen LogP contribution in [0.1, 0.15) is 24.2 Å². The predicted octanol–water partition coefficient (Wildman–Crippen LogP) is 3.86. The van der Waals surface area contributed by atoms with E-state index in [1.807, 2.05) is 13.0 Å². The molecule has 0 amide bonds. The number of hydrogen-bond donors (Lipinski definition) is 3. The number of nitrogens with zero attached hydrogens (tertiary/aromatic N) is 3. The Morgan fingerprint density at radius 2 is 2.10 bits per heavy atom. The van der Waals surface area contributed by atoms with Gasteiger partial charge in [-0.15, -0.1) is 0 Å². The Balaban J connectivity index is 1.38. The van der Waals surface area contributed by atoms with Gasteiger partial charge in [-0.3, -0.25) is 0 Å². The van der Waals surface area contributed by atoms with E-state index in [-0.39, 0.29) is 0 Å². The van der Waals surface area contributed by atoms with Gasteiger partial charge in [-0.05, 0) is 69.1 Å². The molecule has 7 heteroatoms. The average Bonchev–Trinajstić information content (AvgIpc) is 3.44. The number of nitrogens with two attached hydrogens (primary N) is 1. The fraction of sp³-hybridized carbons (Fsp3) is 0.391. The minimum absolute atomic E-state index is 0.470. The number of hydrogen-bond acceptors (Lipinski definition) is 5. The van der Waals surface area contributed by atoms with Crippen LogP contribution in [0.2, 0.25) is 0 Å². The first-order chi connectivity index (χ1) is 14.5. The number of aromatic nitrogens is 4. The maximum absolute atomic E-state index is 6.03. The summed E-state index contributed by atoms with van der Waals surface area (Å²) < 4.78 is 5.49. The Morgan fingerprint density at radius 1 is 1.20 bits per heavy atom. The second kappa shape index (κ2) is 7.74. The summed E-state index contributed by atoms with van der Waals surface area (Å²) in [5.41, 5.74) is 12.0. The molecule has 1 saturated heterocycles. The van der Waals surface area contributed by atoms with Gasteiger partial charge in [0.05, 0.1) is 5.52 Å². The van der Waals surface area contributed by atoms with Crippen LogP contribution in [0.25, 0.3) is 33.3 Å². The van der Waals surface area contributed by atoms with E-state index in [0.29, 0.717) is 11.5 Å². The van der Waals surface area contributed by atoms with Crippen LogP contribution < -0.4 is 5.73 Å². The van der Waals surface area contributed by atoms with Crippen LogP contribution in [0, 0.1) is 12.8 Å². The summed E-state index contributed by atoms with van der Waals surface area (Å²) in [5, 5.41) is 1.19. The lowest BCUT2D eigenvalue weighted by Crippen LogP contribution is -2.21. The summed E-state index contributed by atoms with van der Waals surface area (Å²) in [5.74, 6) is 2.02. The molecule has 156 valence electrons. The molecule has 0 spiro atoms. The lowest BCUT2D eigenvalue weighted by atomic mass is 10.0. The molecular formula is C23H28N6O. The lowest BCUT2D eigenvalue weighted by Gasteiger charge is -2.18. The SMILES string of the molecule is Cc1nc2nc(N)cc(-c3cc4cc(CN(C)CCC5CCOC5)ccc4[nH]3)c2[nH]1. The van der Waals surface area contributed by atoms with E-state index in [0.717, 1.165) is 60.3 Å². The molecule has 1 aliphatic rings. The minimum Gasteiger partial charge on any atom is -0.384 e. The van der Waals surface area contributed by atoms with Gasteiger partial charge in [-0.1, -0.05) is 6.07 Å². The maximum Gasteiger partial charge on any atom is 0.180 e. The monoisotopic (exact) mass is 404 g/mol. The van der Waals surface area contributed by atoms with Gasteiger partial charge >= 0.3 is 0 Å². The number of fused-ring (bicyclic) bond motifs is 2. The largest absolute Gasteiger partial charge is 0.384 e. The minimum atomic E-state index is 0.470. The van der Waals surface area contributed by atoms with Gasteiger partial charge in [0.2, 0.25) is 0 Å². The Hall–Kier alpha value is -2.90. The molecule has 4 N–H and O–H groups in total. The van der Waals surface area contributed by atoms with Crippen molar-refractivity contribution in [3.63, 3.8) is 0 Å². The number of ether oxygens (including phenoxy) is 1. The number of H-pyrrole nitrogens is 2. The van der Waals surface area contributed by atoms with Gasteiger partial charge in [0.25, 0.3) is 0 Å². The molecular weight excluding hydrogens is 376 g/mol. The highest BCUT2D eigenvalue weighted by molar-refractivity contribution is 5.95. The average molecular weight is 405 g/mol. The van der Waals surface area contributed by atoms with Gasteiger partial charge in [-0.25, -0.2) is 9.97 Å². The molecule has 0 aliphatic carbocycles. The molecule has 4 aromatic rings. The van der Waals surface area contributed by atoms with E-state index < -0.39 is 0 Å². The summed E-state index contributed by atoms with van der Waals surface area (Å²) in [6, 6.07) is 10.7. The Bertz CT molecular complexity index is 1190. The highest BCUT2D eigenvalue weighted by Crippen LogP contribution is 2.30. The van der Waals surface area contributed by atoms with Crippen LogP contribution in [0.4, 0.5) is 5.82 Å². The van der Waals surface area contributed by atoms with Crippen molar-refractivity contribution in [2.24, 2.45) is 5.92 Å². The molecule has 1 fully saturated rings. The highest BCUT2D eigenvalue weighted by atomic mass is 16.5. The van der Waals surface area contributed by atoms with Gasteiger partial charge < -0.3 is 25.3 Å². The standard InChI is InChI=1S/C23H28N6O/c1-14-25-22-18(11-21(24)28-23(22)26-14)20-10-17-9-16(3-4-19(17)27-20)12-29(2)7-5-15-6-8-30-13-15/h3-4,9-11,15,27H,5-8,12-13H2,1-2H3,(H3,24,25,26,28). The van der Waals surface area contributed by atoms with Gasteiger partial charge in [0.15, 0.2) is 5.65 Å². The zero-order valence-electron chi connectivity index (χ0n) is 17.5. The predicted molar refractivity (Wildman–Crippen MR) is 120 cm³/mol. The van der Waals surface area contributed by atoms with Crippen LogP contribution in [-0.4, -0.2) is 51.6 Å². The fourth-order valence-electron chi connectivity index (χ4n) is 4.37. The van der Waals surface area contributed by atoms with Crippen LogP contribution in [0.15, 0.2) is 30.3 Å². The van der Waals surface area contributed by atoms with E-state index in [4.69, 9.17) is 10.5 Å². The Labute approximate surface area is 175 Å². The summed E-state index contributed by atoms with van der Waals surface area (Å²) in [4.78, 5) is 18.0. The van der Waals surface area contributed by atoms with Crippen molar-refractivity contribution in [2.75, 3.05) is 32.5 Å². The topological polar surface area (TPSA) is 95.8 Å². The molecule has 0 saturated carbocycles.